The Kier molecular flexibility index (Phi) is 3.51. The van der Waals surface area contributed by atoms with Crippen LogP contribution >= 0.6 is 0 Å². The molecule has 4 nitrogen and oxygen atoms in total. The van der Waals surface area contributed by atoms with E-state index in [4.69, 9.17) is 4.42 Å². The number of aryl methyl sites for hydroxylation is 1. The minimum absolute atomic E-state index is 0.192. The molecule has 0 N–H and O–H groups in total. The van der Waals surface area contributed by atoms with Crippen molar-refractivity contribution in [1.29, 1.82) is 0 Å². The van der Waals surface area contributed by atoms with E-state index in [9.17, 15) is 9.59 Å². The van der Waals surface area contributed by atoms with Gasteiger partial charge in [0.2, 0.25) is 0 Å². The van der Waals surface area contributed by atoms with Crippen molar-refractivity contribution in [3.8, 4) is 11.3 Å². The molecule has 3 rings (SSSR count). The summed E-state index contributed by atoms with van der Waals surface area (Å²) >= 11 is 0. The summed E-state index contributed by atoms with van der Waals surface area (Å²) in [6, 6.07) is 13.8. The van der Waals surface area contributed by atoms with Crippen LogP contribution in [0.25, 0.3) is 22.3 Å². The van der Waals surface area contributed by atoms with Gasteiger partial charge in [-0.25, -0.2) is 4.79 Å². The van der Waals surface area contributed by atoms with Crippen molar-refractivity contribution in [3.05, 3.63) is 69.9 Å². The Morgan fingerprint density at radius 2 is 1.77 bits per heavy atom. The van der Waals surface area contributed by atoms with E-state index >= 15 is 0 Å². The third kappa shape index (κ3) is 2.51. The molecule has 0 fully saturated rings. The zero-order chi connectivity index (χ0) is 15.7. The molecule has 22 heavy (non-hydrogen) atoms. The minimum atomic E-state index is -0.482. The monoisotopic (exact) mass is 294 g/mol. The van der Waals surface area contributed by atoms with Gasteiger partial charge in [-0.3, -0.25) is 4.79 Å². The maximum Gasteiger partial charge on any atom is 0.337 e. The van der Waals surface area contributed by atoms with Gasteiger partial charge in [-0.15, -0.1) is 0 Å². The molecular weight excluding hydrogens is 280 g/mol. The van der Waals surface area contributed by atoms with Crippen LogP contribution in [-0.4, -0.2) is 13.1 Å². The van der Waals surface area contributed by atoms with Crippen LogP contribution in [0, 0.1) is 6.92 Å². The average molecular weight is 294 g/mol. The number of ether oxygens (including phenoxy) is 1. The van der Waals surface area contributed by atoms with Gasteiger partial charge in [0.05, 0.1) is 18.1 Å². The molecule has 3 aromatic rings. The maximum absolute atomic E-state index is 12.3. The molecule has 0 saturated carbocycles. The largest absolute Gasteiger partial charge is 0.465 e. The Balaban J connectivity index is 2.15. The Morgan fingerprint density at radius 1 is 1.05 bits per heavy atom. The summed E-state index contributed by atoms with van der Waals surface area (Å²) in [5, 5.41) is 0.360. The first-order valence-electron chi connectivity index (χ1n) is 6.82. The van der Waals surface area contributed by atoms with E-state index in [1.807, 2.05) is 31.2 Å². The zero-order valence-electron chi connectivity index (χ0n) is 12.3. The number of carbonyl (C=O) groups excluding carboxylic acids is 1. The van der Waals surface area contributed by atoms with Crippen molar-refractivity contribution in [2.45, 2.75) is 6.92 Å². The molecule has 0 atom stereocenters. The number of hydrogen-bond donors (Lipinski definition) is 0. The molecule has 1 heterocycles. The van der Waals surface area contributed by atoms with Gasteiger partial charge in [0.1, 0.15) is 11.3 Å². The highest BCUT2D eigenvalue weighted by atomic mass is 16.5. The molecular formula is C18H14O4. The van der Waals surface area contributed by atoms with Crippen LogP contribution < -0.4 is 5.43 Å². The second-order valence-corrected chi connectivity index (χ2v) is 5.04. The quantitative estimate of drug-likeness (QED) is 0.678. The van der Waals surface area contributed by atoms with Gasteiger partial charge in [-0.05, 0) is 25.1 Å². The molecule has 0 amide bonds. The number of methoxy groups -OCH3 is 1. The van der Waals surface area contributed by atoms with Gasteiger partial charge in [0.15, 0.2) is 5.43 Å². The van der Waals surface area contributed by atoms with Gasteiger partial charge >= 0.3 is 5.97 Å². The molecule has 0 spiro atoms. The topological polar surface area (TPSA) is 56.5 Å². The van der Waals surface area contributed by atoms with Gasteiger partial charge in [-0.2, -0.15) is 0 Å². The highest BCUT2D eigenvalue weighted by molar-refractivity contribution is 5.94. The molecule has 0 bridgehead atoms. The van der Waals surface area contributed by atoms with E-state index in [2.05, 4.69) is 4.74 Å². The molecule has 1 aromatic heterocycles. The number of esters is 1. The third-order valence-corrected chi connectivity index (χ3v) is 3.48. The Hall–Kier alpha value is -2.88. The number of rotatable bonds is 2. The Morgan fingerprint density at radius 3 is 2.45 bits per heavy atom. The van der Waals surface area contributed by atoms with E-state index in [1.54, 1.807) is 12.1 Å². The van der Waals surface area contributed by atoms with Crippen molar-refractivity contribution < 1.29 is 13.9 Å². The van der Waals surface area contributed by atoms with Crippen LogP contribution in [0.15, 0.2) is 57.7 Å². The summed E-state index contributed by atoms with van der Waals surface area (Å²) in [7, 11) is 1.30. The second-order valence-electron chi connectivity index (χ2n) is 5.04. The molecule has 110 valence electrons. The van der Waals surface area contributed by atoms with E-state index in [0.29, 0.717) is 22.3 Å². The van der Waals surface area contributed by atoms with Crippen molar-refractivity contribution >= 4 is 16.9 Å². The standard InChI is InChI=1S/C18H14O4/c1-11-3-5-12(6-4-11)17-10-15(19)14-9-13(18(20)21-2)7-8-16(14)22-17/h3-10H,1-2H3. The van der Waals surface area contributed by atoms with Crippen LogP contribution in [0.3, 0.4) is 0 Å². The summed E-state index contributed by atoms with van der Waals surface area (Å²) in [4.78, 5) is 23.8. The fourth-order valence-corrected chi connectivity index (χ4v) is 2.26. The summed E-state index contributed by atoms with van der Waals surface area (Å²) in [5.74, 6) is 0.0206. The van der Waals surface area contributed by atoms with Crippen molar-refractivity contribution in [2.24, 2.45) is 0 Å². The molecule has 0 radical (unpaired) electrons. The normalized spacial score (nSPS) is 10.6. The fourth-order valence-electron chi connectivity index (χ4n) is 2.26. The highest BCUT2D eigenvalue weighted by Crippen LogP contribution is 2.23. The molecule has 4 heteroatoms. The lowest BCUT2D eigenvalue weighted by Gasteiger charge is -2.05. The first-order valence-corrected chi connectivity index (χ1v) is 6.82. The van der Waals surface area contributed by atoms with Crippen molar-refractivity contribution in [3.63, 3.8) is 0 Å². The van der Waals surface area contributed by atoms with Crippen molar-refractivity contribution in [1.82, 2.24) is 0 Å². The fraction of sp³-hybridized carbons (Fsp3) is 0.111. The zero-order valence-corrected chi connectivity index (χ0v) is 12.3. The van der Waals surface area contributed by atoms with E-state index in [-0.39, 0.29) is 5.43 Å². The van der Waals surface area contributed by atoms with Crippen LogP contribution in [0.5, 0.6) is 0 Å². The molecule has 0 aliphatic heterocycles. The molecule has 0 aliphatic carbocycles. The first-order chi connectivity index (χ1) is 10.6. The van der Waals surface area contributed by atoms with Gasteiger partial charge in [-0.1, -0.05) is 29.8 Å². The lowest BCUT2D eigenvalue weighted by atomic mass is 10.1. The summed E-state index contributed by atoms with van der Waals surface area (Å²) in [5.41, 5.74) is 2.54. The smallest absolute Gasteiger partial charge is 0.337 e. The summed E-state index contributed by atoms with van der Waals surface area (Å²) in [6.07, 6.45) is 0. The molecule has 0 unspecified atom stereocenters. The van der Waals surface area contributed by atoms with Crippen LogP contribution in [0.4, 0.5) is 0 Å². The summed E-state index contributed by atoms with van der Waals surface area (Å²) < 4.78 is 10.4. The van der Waals surface area contributed by atoms with Crippen molar-refractivity contribution in [2.75, 3.05) is 7.11 Å². The first kappa shape index (κ1) is 14.1. The number of carbonyl (C=O) groups is 1. The lowest BCUT2D eigenvalue weighted by molar-refractivity contribution is 0.0601. The van der Waals surface area contributed by atoms with E-state index < -0.39 is 5.97 Å². The predicted molar refractivity (Wildman–Crippen MR) is 84.0 cm³/mol. The summed E-state index contributed by atoms with van der Waals surface area (Å²) in [6.45, 7) is 1.99. The van der Waals surface area contributed by atoms with E-state index in [1.165, 1.54) is 19.2 Å². The number of benzene rings is 2. The Bertz CT molecular complexity index is 905. The van der Waals surface area contributed by atoms with Gasteiger partial charge < -0.3 is 9.15 Å². The second kappa shape index (κ2) is 5.48. The third-order valence-electron chi connectivity index (χ3n) is 3.48. The SMILES string of the molecule is COC(=O)c1ccc2oc(-c3ccc(C)cc3)cc(=O)c2c1. The molecule has 0 saturated heterocycles. The van der Waals surface area contributed by atoms with Gasteiger partial charge in [0, 0.05) is 11.6 Å². The number of fused-ring (bicyclic) bond motifs is 1. The molecule has 0 aliphatic rings. The van der Waals surface area contributed by atoms with Crippen LogP contribution in [0.1, 0.15) is 15.9 Å². The average Bonchev–Trinajstić information content (AvgIpc) is 2.54. The lowest BCUT2D eigenvalue weighted by Crippen LogP contribution is -2.05. The van der Waals surface area contributed by atoms with Gasteiger partial charge in [0.25, 0.3) is 0 Å². The van der Waals surface area contributed by atoms with E-state index in [0.717, 1.165) is 11.1 Å². The maximum atomic E-state index is 12.3. The minimum Gasteiger partial charge on any atom is -0.465 e. The Labute approximate surface area is 127 Å². The number of hydrogen-bond acceptors (Lipinski definition) is 4. The van der Waals surface area contributed by atoms with Crippen LogP contribution in [-0.2, 0) is 4.74 Å². The van der Waals surface area contributed by atoms with Crippen LogP contribution in [0.2, 0.25) is 0 Å². The highest BCUT2D eigenvalue weighted by Gasteiger charge is 2.11. The predicted octanol–water partition coefficient (Wildman–Crippen LogP) is 3.56. The molecule has 2 aromatic carbocycles.